The maximum atomic E-state index is 11.6. The number of hydrogen-bond acceptors (Lipinski definition) is 4. The van der Waals surface area contributed by atoms with Gasteiger partial charge in [0.15, 0.2) is 5.96 Å². The summed E-state index contributed by atoms with van der Waals surface area (Å²) in [6.45, 7) is 9.57. The molecule has 164 valence electrons. The van der Waals surface area contributed by atoms with E-state index in [0.29, 0.717) is 19.1 Å². The van der Waals surface area contributed by atoms with Crippen LogP contribution in [0, 0.1) is 0 Å². The lowest BCUT2D eigenvalue weighted by Gasteiger charge is -2.25. The summed E-state index contributed by atoms with van der Waals surface area (Å²) >= 11 is 0. The van der Waals surface area contributed by atoms with Gasteiger partial charge in [-0.25, -0.2) is 4.79 Å². The predicted octanol–water partition coefficient (Wildman–Crippen LogP) is 2.96. The summed E-state index contributed by atoms with van der Waals surface area (Å²) in [5.41, 5.74) is 0.868. The van der Waals surface area contributed by atoms with Crippen molar-refractivity contribution in [2.24, 2.45) is 4.99 Å². The van der Waals surface area contributed by atoms with E-state index in [9.17, 15) is 4.79 Å². The van der Waals surface area contributed by atoms with Gasteiger partial charge in [-0.15, -0.1) is 24.0 Å². The SMILES string of the molecule is CN=C(NCCNC(=O)OC(C)(C)C)NCC1CCCN1Cc1ccccc1.I. The fourth-order valence-corrected chi connectivity index (χ4v) is 3.25. The lowest BCUT2D eigenvalue weighted by molar-refractivity contribution is 0.0529. The standard InChI is InChI=1S/C21H35N5O2.HI/c1-21(2,3)28-20(27)24-13-12-23-19(22-4)25-15-18-11-8-14-26(18)16-17-9-6-5-7-10-17;/h5-7,9-10,18H,8,11-16H2,1-4H3,(H,24,27)(H2,22,23,25);1H. The van der Waals surface area contributed by atoms with Gasteiger partial charge in [0.25, 0.3) is 0 Å². The van der Waals surface area contributed by atoms with Crippen molar-refractivity contribution in [3.63, 3.8) is 0 Å². The minimum absolute atomic E-state index is 0. The number of ether oxygens (including phenoxy) is 1. The molecule has 1 atom stereocenters. The van der Waals surface area contributed by atoms with Crippen molar-refractivity contribution in [3.05, 3.63) is 35.9 Å². The highest BCUT2D eigenvalue weighted by Gasteiger charge is 2.24. The highest BCUT2D eigenvalue weighted by Crippen LogP contribution is 2.19. The molecule has 1 unspecified atom stereocenters. The topological polar surface area (TPSA) is 78.0 Å². The first-order valence-electron chi connectivity index (χ1n) is 10.1. The Bertz CT molecular complexity index is 634. The Balaban J connectivity index is 0.00000420. The molecule has 1 aliphatic heterocycles. The molecule has 0 bridgehead atoms. The van der Waals surface area contributed by atoms with Crippen molar-refractivity contribution in [3.8, 4) is 0 Å². The van der Waals surface area contributed by atoms with E-state index in [1.54, 1.807) is 7.05 Å². The van der Waals surface area contributed by atoms with E-state index in [2.05, 4.69) is 56.2 Å². The molecule has 0 radical (unpaired) electrons. The molecule has 1 amide bonds. The molecule has 2 rings (SSSR count). The average Bonchev–Trinajstić information content (AvgIpc) is 3.07. The van der Waals surface area contributed by atoms with Crippen molar-refractivity contribution >= 4 is 36.0 Å². The van der Waals surface area contributed by atoms with Crippen molar-refractivity contribution in [1.29, 1.82) is 0 Å². The molecule has 7 nitrogen and oxygen atoms in total. The number of likely N-dealkylation sites (tertiary alicyclic amines) is 1. The molecule has 1 aromatic rings. The van der Waals surface area contributed by atoms with Gasteiger partial charge in [0.2, 0.25) is 0 Å². The molecule has 1 heterocycles. The van der Waals surface area contributed by atoms with E-state index in [-0.39, 0.29) is 24.0 Å². The minimum atomic E-state index is -0.484. The first-order chi connectivity index (χ1) is 13.4. The molecular weight excluding hydrogens is 481 g/mol. The van der Waals surface area contributed by atoms with E-state index in [1.807, 2.05) is 20.8 Å². The fourth-order valence-electron chi connectivity index (χ4n) is 3.25. The Morgan fingerprint density at radius 3 is 2.52 bits per heavy atom. The highest BCUT2D eigenvalue weighted by atomic mass is 127. The molecule has 1 saturated heterocycles. The minimum Gasteiger partial charge on any atom is -0.444 e. The van der Waals surface area contributed by atoms with Gasteiger partial charge >= 0.3 is 6.09 Å². The van der Waals surface area contributed by atoms with Crippen LogP contribution in [0.1, 0.15) is 39.2 Å². The van der Waals surface area contributed by atoms with Crippen LogP contribution < -0.4 is 16.0 Å². The van der Waals surface area contributed by atoms with Gasteiger partial charge in [0.1, 0.15) is 5.60 Å². The molecular formula is C21H36IN5O2. The van der Waals surface area contributed by atoms with Crippen molar-refractivity contribution in [1.82, 2.24) is 20.9 Å². The lowest BCUT2D eigenvalue weighted by Crippen LogP contribution is -2.46. The van der Waals surface area contributed by atoms with Crippen LogP contribution in [0.4, 0.5) is 4.79 Å². The molecule has 0 aromatic heterocycles. The third-order valence-corrected chi connectivity index (χ3v) is 4.54. The molecule has 1 aromatic carbocycles. The number of halogens is 1. The number of amides is 1. The summed E-state index contributed by atoms with van der Waals surface area (Å²) in [5, 5.41) is 9.37. The van der Waals surface area contributed by atoms with Crippen molar-refractivity contribution < 1.29 is 9.53 Å². The van der Waals surface area contributed by atoms with Crippen LogP contribution in [0.15, 0.2) is 35.3 Å². The van der Waals surface area contributed by atoms with E-state index in [4.69, 9.17) is 4.74 Å². The number of nitrogens with one attached hydrogen (secondary N) is 3. The molecule has 0 aliphatic carbocycles. The third kappa shape index (κ3) is 10.2. The number of nitrogens with zero attached hydrogens (tertiary/aromatic N) is 2. The van der Waals surface area contributed by atoms with Gasteiger partial charge in [0, 0.05) is 39.3 Å². The summed E-state index contributed by atoms with van der Waals surface area (Å²) in [7, 11) is 1.76. The van der Waals surface area contributed by atoms with Crippen LogP contribution in [0.2, 0.25) is 0 Å². The van der Waals surface area contributed by atoms with Crippen LogP contribution >= 0.6 is 24.0 Å². The predicted molar refractivity (Wildman–Crippen MR) is 129 cm³/mol. The zero-order chi connectivity index (χ0) is 20.4. The van der Waals surface area contributed by atoms with E-state index in [1.165, 1.54) is 18.4 Å². The summed E-state index contributed by atoms with van der Waals surface area (Å²) in [4.78, 5) is 18.4. The second-order valence-electron chi connectivity index (χ2n) is 8.06. The summed E-state index contributed by atoms with van der Waals surface area (Å²) in [6.07, 6.45) is 2.02. The van der Waals surface area contributed by atoms with Gasteiger partial charge in [-0.05, 0) is 45.7 Å². The number of rotatable bonds is 7. The quantitative estimate of drug-likeness (QED) is 0.225. The van der Waals surface area contributed by atoms with Crippen molar-refractivity contribution in [2.75, 3.05) is 33.2 Å². The Morgan fingerprint density at radius 2 is 1.86 bits per heavy atom. The number of hydrogen-bond donors (Lipinski definition) is 3. The second kappa shape index (κ2) is 12.9. The smallest absolute Gasteiger partial charge is 0.407 e. The number of carbonyl (C=O) groups is 1. The van der Waals surface area contributed by atoms with Gasteiger partial charge in [-0.2, -0.15) is 0 Å². The Morgan fingerprint density at radius 1 is 1.17 bits per heavy atom. The number of guanidine groups is 1. The first-order valence-corrected chi connectivity index (χ1v) is 10.1. The first kappa shape index (κ1) is 25.5. The van der Waals surface area contributed by atoms with Gasteiger partial charge in [0.05, 0.1) is 0 Å². The summed E-state index contributed by atoms with van der Waals surface area (Å²) in [5.74, 6) is 0.748. The van der Waals surface area contributed by atoms with Crippen LogP contribution in [-0.4, -0.2) is 61.8 Å². The lowest BCUT2D eigenvalue weighted by atomic mass is 10.2. The number of benzene rings is 1. The van der Waals surface area contributed by atoms with Gasteiger partial charge in [-0.3, -0.25) is 9.89 Å². The third-order valence-electron chi connectivity index (χ3n) is 4.54. The van der Waals surface area contributed by atoms with Crippen LogP contribution in [0.5, 0.6) is 0 Å². The maximum absolute atomic E-state index is 11.6. The zero-order valence-electron chi connectivity index (χ0n) is 18.0. The van der Waals surface area contributed by atoms with Gasteiger partial charge in [-0.1, -0.05) is 30.3 Å². The molecule has 29 heavy (non-hydrogen) atoms. The van der Waals surface area contributed by atoms with Gasteiger partial charge < -0.3 is 20.7 Å². The monoisotopic (exact) mass is 517 g/mol. The van der Waals surface area contributed by atoms with E-state index >= 15 is 0 Å². The highest BCUT2D eigenvalue weighted by molar-refractivity contribution is 14.0. The van der Waals surface area contributed by atoms with E-state index < -0.39 is 11.7 Å². The second-order valence-corrected chi connectivity index (χ2v) is 8.06. The van der Waals surface area contributed by atoms with E-state index in [0.717, 1.165) is 25.6 Å². The normalized spacial score (nSPS) is 17.4. The van der Waals surface area contributed by atoms with Crippen LogP contribution in [0.3, 0.4) is 0 Å². The average molecular weight is 517 g/mol. The van der Waals surface area contributed by atoms with Crippen molar-refractivity contribution in [2.45, 2.75) is 51.8 Å². The molecule has 0 spiro atoms. The maximum Gasteiger partial charge on any atom is 0.407 e. The number of aliphatic imine (C=N–C) groups is 1. The Kier molecular flexibility index (Phi) is 11.3. The molecule has 0 saturated carbocycles. The zero-order valence-corrected chi connectivity index (χ0v) is 20.4. The van der Waals surface area contributed by atoms with Crippen LogP contribution in [0.25, 0.3) is 0 Å². The molecule has 8 heteroatoms. The fraction of sp³-hybridized carbons (Fsp3) is 0.619. The summed E-state index contributed by atoms with van der Waals surface area (Å²) < 4.78 is 5.22. The molecule has 3 N–H and O–H groups in total. The van der Waals surface area contributed by atoms with Crippen LogP contribution in [-0.2, 0) is 11.3 Å². The largest absolute Gasteiger partial charge is 0.444 e. The molecule has 1 fully saturated rings. The Labute approximate surface area is 192 Å². The summed E-state index contributed by atoms with van der Waals surface area (Å²) in [6, 6.07) is 11.1. The number of alkyl carbamates (subject to hydrolysis) is 1. The molecule has 1 aliphatic rings. The number of carbonyl (C=O) groups excluding carboxylic acids is 1. The Hall–Kier alpha value is -1.55.